The van der Waals surface area contributed by atoms with Gasteiger partial charge in [0.2, 0.25) is 5.91 Å². The number of anilines is 1. The molecule has 1 aliphatic heterocycles. The molecule has 6 heteroatoms. The van der Waals surface area contributed by atoms with E-state index in [9.17, 15) is 9.59 Å². The number of imide groups is 1. The molecule has 0 radical (unpaired) electrons. The summed E-state index contributed by atoms with van der Waals surface area (Å²) in [5.41, 5.74) is 1.15. The van der Waals surface area contributed by atoms with E-state index in [1.165, 1.54) is 0 Å². The van der Waals surface area contributed by atoms with Crippen LogP contribution in [0.15, 0.2) is 30.3 Å². The van der Waals surface area contributed by atoms with E-state index < -0.39 is 5.91 Å². The van der Waals surface area contributed by atoms with Gasteiger partial charge >= 0.3 is 6.03 Å². The largest absolute Gasteiger partial charge is 0.368 e. The van der Waals surface area contributed by atoms with Crippen molar-refractivity contribution in [1.29, 1.82) is 0 Å². The molecule has 0 atom stereocenters. The van der Waals surface area contributed by atoms with E-state index in [0.29, 0.717) is 13.1 Å². The van der Waals surface area contributed by atoms with Crippen molar-refractivity contribution in [2.45, 2.75) is 0 Å². The van der Waals surface area contributed by atoms with Crippen molar-refractivity contribution in [2.75, 3.05) is 37.0 Å². The molecule has 2 rings (SSSR count). The van der Waals surface area contributed by atoms with E-state index in [1.807, 2.05) is 30.3 Å². The molecule has 1 saturated heterocycles. The Morgan fingerprint density at radius 1 is 1.11 bits per heavy atom. The first-order valence-electron chi connectivity index (χ1n) is 6.15. The minimum absolute atomic E-state index is 0.199. The van der Waals surface area contributed by atoms with Crippen LogP contribution in [-0.4, -0.2) is 48.9 Å². The van der Waals surface area contributed by atoms with Crippen LogP contribution in [0.25, 0.3) is 0 Å². The third-order valence-electron chi connectivity index (χ3n) is 3.06. The fraction of sp³-hybridized carbons (Fsp3) is 0.385. The van der Waals surface area contributed by atoms with Crippen LogP contribution in [0.5, 0.6) is 0 Å². The predicted molar refractivity (Wildman–Crippen MR) is 74.5 cm³/mol. The summed E-state index contributed by atoms with van der Waals surface area (Å²) in [7, 11) is 0. The summed E-state index contributed by atoms with van der Waals surface area (Å²) in [5, 5.41) is 2.25. The third kappa shape index (κ3) is 3.61. The summed E-state index contributed by atoms with van der Waals surface area (Å²) in [4.78, 5) is 26.6. The second-order valence-corrected chi connectivity index (χ2v) is 4.56. The molecule has 102 valence electrons. The molecule has 0 bridgehead atoms. The summed E-state index contributed by atoms with van der Waals surface area (Å²) in [6.07, 6.45) is 0. The molecule has 1 fully saturated rings. The van der Waals surface area contributed by atoms with Crippen molar-refractivity contribution in [3.8, 4) is 0 Å². The van der Waals surface area contributed by atoms with Gasteiger partial charge in [-0.25, -0.2) is 4.79 Å². The van der Waals surface area contributed by atoms with Gasteiger partial charge in [0.25, 0.3) is 0 Å². The van der Waals surface area contributed by atoms with Crippen molar-refractivity contribution < 1.29 is 9.59 Å². The fourth-order valence-corrected chi connectivity index (χ4v) is 2.11. The smallest absolute Gasteiger partial charge is 0.324 e. The lowest BCUT2D eigenvalue weighted by Crippen LogP contribution is -2.53. The first-order chi connectivity index (χ1) is 9.20. The minimum atomic E-state index is -0.461. The van der Waals surface area contributed by atoms with E-state index in [0.717, 1.165) is 18.8 Å². The molecule has 1 heterocycles. The topological polar surface area (TPSA) is 52.7 Å². The van der Waals surface area contributed by atoms with Gasteiger partial charge in [-0.2, -0.15) is 0 Å². The number of nitrogens with one attached hydrogen (secondary N) is 1. The van der Waals surface area contributed by atoms with Crippen LogP contribution in [0.4, 0.5) is 10.5 Å². The highest BCUT2D eigenvalue weighted by Gasteiger charge is 2.22. The summed E-state index contributed by atoms with van der Waals surface area (Å²) in [5.74, 6) is -0.660. The molecule has 5 nitrogen and oxygen atoms in total. The van der Waals surface area contributed by atoms with Gasteiger partial charge < -0.3 is 9.80 Å². The Hall–Kier alpha value is -1.75. The van der Waals surface area contributed by atoms with Crippen LogP contribution in [0, 0.1) is 0 Å². The number of hydrogen-bond acceptors (Lipinski definition) is 3. The lowest BCUT2D eigenvalue weighted by Gasteiger charge is -2.35. The molecular weight excluding hydrogens is 266 g/mol. The highest BCUT2D eigenvalue weighted by Crippen LogP contribution is 2.15. The zero-order valence-corrected chi connectivity index (χ0v) is 11.3. The van der Waals surface area contributed by atoms with Gasteiger partial charge in [-0.15, -0.1) is 11.6 Å². The quantitative estimate of drug-likeness (QED) is 0.831. The maximum atomic E-state index is 11.7. The molecule has 0 saturated carbocycles. The number of rotatable bonds is 2. The number of urea groups is 1. The molecule has 0 aliphatic carbocycles. The SMILES string of the molecule is O=C(CCl)NC(=O)N1CCN(c2ccccc2)CC1. The molecule has 0 unspecified atom stereocenters. The lowest BCUT2D eigenvalue weighted by molar-refractivity contribution is -0.117. The first-order valence-corrected chi connectivity index (χ1v) is 6.69. The summed E-state index contributed by atoms with van der Waals surface area (Å²) in [6.45, 7) is 2.70. The molecule has 1 aromatic rings. The fourth-order valence-electron chi connectivity index (χ4n) is 2.04. The molecule has 3 amide bonds. The standard InChI is InChI=1S/C13H16ClN3O2/c14-10-12(18)15-13(19)17-8-6-16(7-9-17)11-4-2-1-3-5-11/h1-5H,6-10H2,(H,15,18,19). The lowest BCUT2D eigenvalue weighted by atomic mass is 10.2. The van der Waals surface area contributed by atoms with Crippen LogP contribution in [0.3, 0.4) is 0 Å². The molecule has 1 N–H and O–H groups in total. The van der Waals surface area contributed by atoms with Crippen LogP contribution >= 0.6 is 11.6 Å². The zero-order valence-electron chi connectivity index (χ0n) is 10.5. The Labute approximate surface area is 117 Å². The van der Waals surface area contributed by atoms with Crippen LogP contribution in [-0.2, 0) is 4.79 Å². The third-order valence-corrected chi connectivity index (χ3v) is 3.30. The second kappa shape index (κ2) is 6.43. The number of benzene rings is 1. The van der Waals surface area contributed by atoms with Gasteiger partial charge in [0.15, 0.2) is 0 Å². The van der Waals surface area contributed by atoms with Crippen molar-refractivity contribution in [3.05, 3.63) is 30.3 Å². The number of halogens is 1. The molecular formula is C13H16ClN3O2. The number of para-hydroxylation sites is 1. The highest BCUT2D eigenvalue weighted by atomic mass is 35.5. The molecule has 19 heavy (non-hydrogen) atoms. The van der Waals surface area contributed by atoms with Crippen molar-refractivity contribution in [2.24, 2.45) is 0 Å². The van der Waals surface area contributed by atoms with E-state index >= 15 is 0 Å². The van der Waals surface area contributed by atoms with Crippen molar-refractivity contribution >= 4 is 29.2 Å². The normalized spacial score (nSPS) is 15.2. The van der Waals surface area contributed by atoms with E-state index in [2.05, 4.69) is 10.2 Å². The van der Waals surface area contributed by atoms with Crippen molar-refractivity contribution in [3.63, 3.8) is 0 Å². The Kier molecular flexibility index (Phi) is 4.63. The average molecular weight is 282 g/mol. The number of amides is 3. The number of piperazine rings is 1. The number of carbonyl (C=O) groups is 2. The maximum absolute atomic E-state index is 11.7. The number of alkyl halides is 1. The Morgan fingerprint density at radius 3 is 2.32 bits per heavy atom. The summed E-state index contributed by atoms with van der Waals surface area (Å²) in [6, 6.07) is 9.70. The van der Waals surface area contributed by atoms with Crippen molar-refractivity contribution in [1.82, 2.24) is 10.2 Å². The molecule has 1 aromatic carbocycles. The number of hydrogen-bond donors (Lipinski definition) is 1. The molecule has 0 spiro atoms. The van der Waals surface area contributed by atoms with Gasteiger partial charge in [-0.3, -0.25) is 10.1 Å². The first kappa shape index (κ1) is 13.7. The van der Waals surface area contributed by atoms with Gasteiger partial charge in [0.1, 0.15) is 5.88 Å². The van der Waals surface area contributed by atoms with Crippen LogP contribution in [0.2, 0.25) is 0 Å². The average Bonchev–Trinajstić information content (AvgIpc) is 2.48. The van der Waals surface area contributed by atoms with E-state index in [1.54, 1.807) is 4.90 Å². The minimum Gasteiger partial charge on any atom is -0.368 e. The predicted octanol–water partition coefficient (Wildman–Crippen LogP) is 1.28. The molecule has 1 aliphatic rings. The van der Waals surface area contributed by atoms with Gasteiger partial charge in [0, 0.05) is 31.9 Å². The monoisotopic (exact) mass is 281 g/mol. The van der Waals surface area contributed by atoms with E-state index in [4.69, 9.17) is 11.6 Å². The molecule has 0 aromatic heterocycles. The van der Waals surface area contributed by atoms with E-state index in [-0.39, 0.29) is 11.9 Å². The summed E-state index contributed by atoms with van der Waals surface area (Å²) >= 11 is 5.35. The number of carbonyl (C=O) groups excluding carboxylic acids is 2. The maximum Gasteiger partial charge on any atom is 0.324 e. The van der Waals surface area contributed by atoms with Gasteiger partial charge in [0.05, 0.1) is 0 Å². The van der Waals surface area contributed by atoms with Gasteiger partial charge in [-0.05, 0) is 12.1 Å². The van der Waals surface area contributed by atoms with Gasteiger partial charge in [-0.1, -0.05) is 18.2 Å². The Balaban J connectivity index is 1.86. The number of nitrogens with zero attached hydrogens (tertiary/aromatic N) is 2. The second-order valence-electron chi connectivity index (χ2n) is 4.30. The zero-order chi connectivity index (χ0) is 13.7. The Morgan fingerprint density at radius 2 is 1.74 bits per heavy atom. The highest BCUT2D eigenvalue weighted by molar-refractivity contribution is 6.28. The summed E-state index contributed by atoms with van der Waals surface area (Å²) < 4.78 is 0. The Bertz CT molecular complexity index is 444. The van der Waals surface area contributed by atoms with Crippen LogP contribution < -0.4 is 10.2 Å². The van der Waals surface area contributed by atoms with Crippen LogP contribution in [0.1, 0.15) is 0 Å².